The maximum absolute atomic E-state index is 12.4. The predicted octanol–water partition coefficient (Wildman–Crippen LogP) is -3.76. The molecular formula is C17H29N5O9. The summed E-state index contributed by atoms with van der Waals surface area (Å²) in [6.45, 7) is 2.76. The van der Waals surface area contributed by atoms with Crippen LogP contribution in [0.1, 0.15) is 33.1 Å². The SMILES string of the molecule is CC(C)CC(N)C(=O)NC(CO)C(=O)NC(CC(=O)O)C(=O)NC(CC(N)=O)C(=O)O. The Bertz CT molecular complexity index is 697. The number of amides is 4. The zero-order valence-corrected chi connectivity index (χ0v) is 17.2. The summed E-state index contributed by atoms with van der Waals surface area (Å²) in [5.41, 5.74) is 10.6. The third-order valence-electron chi connectivity index (χ3n) is 3.91. The maximum Gasteiger partial charge on any atom is 0.326 e. The number of hydrogen-bond acceptors (Lipinski definition) is 8. The first-order valence-corrected chi connectivity index (χ1v) is 9.28. The number of carboxylic acid groups (broad SMARTS) is 2. The molecule has 176 valence electrons. The van der Waals surface area contributed by atoms with E-state index in [1.165, 1.54) is 0 Å². The minimum Gasteiger partial charge on any atom is -0.481 e. The van der Waals surface area contributed by atoms with Gasteiger partial charge in [-0.2, -0.15) is 0 Å². The van der Waals surface area contributed by atoms with E-state index in [0.717, 1.165) is 0 Å². The lowest BCUT2D eigenvalue weighted by molar-refractivity contribution is -0.145. The Morgan fingerprint density at radius 1 is 0.806 bits per heavy atom. The fourth-order valence-corrected chi connectivity index (χ4v) is 2.42. The molecule has 4 unspecified atom stereocenters. The molecule has 0 aromatic heterocycles. The van der Waals surface area contributed by atoms with E-state index in [9.17, 15) is 33.9 Å². The third-order valence-corrected chi connectivity index (χ3v) is 3.91. The number of aliphatic carboxylic acids is 2. The number of nitrogens with one attached hydrogen (secondary N) is 3. The highest BCUT2D eigenvalue weighted by Crippen LogP contribution is 2.03. The van der Waals surface area contributed by atoms with Crippen molar-refractivity contribution in [1.29, 1.82) is 0 Å². The van der Waals surface area contributed by atoms with Gasteiger partial charge in [-0.3, -0.25) is 24.0 Å². The van der Waals surface area contributed by atoms with Crippen molar-refractivity contribution in [2.45, 2.75) is 57.3 Å². The van der Waals surface area contributed by atoms with Gasteiger partial charge in [0, 0.05) is 0 Å². The van der Waals surface area contributed by atoms with Crippen LogP contribution in [0.4, 0.5) is 0 Å². The van der Waals surface area contributed by atoms with E-state index in [4.69, 9.17) is 21.7 Å². The highest BCUT2D eigenvalue weighted by Gasteiger charge is 2.32. The molecule has 14 nitrogen and oxygen atoms in total. The number of carbonyl (C=O) groups is 6. The smallest absolute Gasteiger partial charge is 0.326 e. The summed E-state index contributed by atoms with van der Waals surface area (Å²) in [4.78, 5) is 69.8. The topological polar surface area (TPSA) is 251 Å². The molecule has 0 radical (unpaired) electrons. The first kappa shape index (κ1) is 27.7. The molecule has 0 saturated heterocycles. The first-order chi connectivity index (χ1) is 14.3. The summed E-state index contributed by atoms with van der Waals surface area (Å²) >= 11 is 0. The number of aliphatic hydroxyl groups excluding tert-OH is 1. The van der Waals surface area contributed by atoms with E-state index < -0.39 is 79.2 Å². The highest BCUT2D eigenvalue weighted by atomic mass is 16.4. The second-order valence-electron chi connectivity index (χ2n) is 7.21. The first-order valence-electron chi connectivity index (χ1n) is 9.28. The van der Waals surface area contributed by atoms with Crippen molar-refractivity contribution >= 4 is 35.6 Å². The minimum absolute atomic E-state index is 0.0772. The van der Waals surface area contributed by atoms with Crippen LogP contribution in [0.5, 0.6) is 0 Å². The molecule has 0 aliphatic rings. The molecule has 0 aliphatic carbocycles. The van der Waals surface area contributed by atoms with E-state index in [1.807, 2.05) is 24.5 Å². The van der Waals surface area contributed by atoms with Crippen LogP contribution >= 0.6 is 0 Å². The van der Waals surface area contributed by atoms with E-state index in [1.54, 1.807) is 0 Å². The monoisotopic (exact) mass is 447 g/mol. The van der Waals surface area contributed by atoms with Crippen LogP contribution in [-0.2, 0) is 28.8 Å². The summed E-state index contributed by atoms with van der Waals surface area (Å²) < 4.78 is 0. The predicted molar refractivity (Wildman–Crippen MR) is 104 cm³/mol. The quantitative estimate of drug-likeness (QED) is 0.129. The van der Waals surface area contributed by atoms with E-state index >= 15 is 0 Å². The Hall–Kier alpha value is -3.26. The number of nitrogens with two attached hydrogens (primary N) is 2. The van der Waals surface area contributed by atoms with Gasteiger partial charge >= 0.3 is 11.9 Å². The van der Waals surface area contributed by atoms with E-state index in [2.05, 4.69) is 5.32 Å². The standard InChI is InChI=1S/C17H29N5O9/c1-7(2)3-8(18)14(27)22-11(6-23)16(29)20-9(5-13(25)26)15(28)21-10(17(30)31)4-12(19)24/h7-11,23H,3-6,18H2,1-2H3,(H2,19,24)(H,20,29)(H,21,28)(H,22,27)(H,25,26)(H,30,31). The Balaban J connectivity index is 5.30. The lowest BCUT2D eigenvalue weighted by Crippen LogP contribution is -2.58. The molecule has 0 aromatic rings. The lowest BCUT2D eigenvalue weighted by atomic mass is 10.0. The maximum atomic E-state index is 12.4. The summed E-state index contributed by atoms with van der Waals surface area (Å²) in [5.74, 6) is -7.13. The molecule has 4 atom stereocenters. The summed E-state index contributed by atoms with van der Waals surface area (Å²) in [7, 11) is 0. The minimum atomic E-state index is -1.77. The molecule has 0 rings (SSSR count). The number of rotatable bonds is 14. The van der Waals surface area contributed by atoms with Crippen LogP contribution in [-0.4, -0.2) is 81.7 Å². The molecule has 0 spiro atoms. The van der Waals surface area contributed by atoms with Gasteiger partial charge in [-0.15, -0.1) is 0 Å². The summed E-state index contributed by atoms with van der Waals surface area (Å²) in [6.07, 6.45) is -1.41. The van der Waals surface area contributed by atoms with Crippen LogP contribution < -0.4 is 27.4 Å². The Labute approximate surface area is 177 Å². The average molecular weight is 447 g/mol. The van der Waals surface area contributed by atoms with Gasteiger partial charge in [-0.1, -0.05) is 13.8 Å². The Morgan fingerprint density at radius 2 is 1.29 bits per heavy atom. The molecule has 4 amide bonds. The van der Waals surface area contributed by atoms with Crippen molar-refractivity contribution in [1.82, 2.24) is 16.0 Å². The van der Waals surface area contributed by atoms with Crippen LogP contribution in [0.15, 0.2) is 0 Å². The zero-order valence-electron chi connectivity index (χ0n) is 17.2. The molecule has 0 saturated carbocycles. The molecule has 0 fully saturated rings. The zero-order chi connectivity index (χ0) is 24.3. The molecule has 0 aromatic carbocycles. The van der Waals surface area contributed by atoms with Crippen molar-refractivity contribution in [3.05, 3.63) is 0 Å². The van der Waals surface area contributed by atoms with Gasteiger partial charge < -0.3 is 42.7 Å². The molecule has 0 aliphatic heterocycles. The van der Waals surface area contributed by atoms with Crippen molar-refractivity contribution in [2.24, 2.45) is 17.4 Å². The average Bonchev–Trinajstić information content (AvgIpc) is 2.62. The van der Waals surface area contributed by atoms with Crippen LogP contribution in [0, 0.1) is 5.92 Å². The third kappa shape index (κ3) is 10.9. The molecule has 10 N–H and O–H groups in total. The fraction of sp³-hybridized carbons (Fsp3) is 0.647. The Morgan fingerprint density at radius 3 is 1.71 bits per heavy atom. The van der Waals surface area contributed by atoms with Crippen LogP contribution in [0.3, 0.4) is 0 Å². The number of hydrogen-bond donors (Lipinski definition) is 8. The number of carbonyl (C=O) groups excluding carboxylic acids is 4. The summed E-state index contributed by atoms with van der Waals surface area (Å²) in [5, 5.41) is 33.5. The summed E-state index contributed by atoms with van der Waals surface area (Å²) in [6, 6.07) is -6.03. The van der Waals surface area contributed by atoms with Gasteiger partial charge in [0.15, 0.2) is 0 Å². The number of aliphatic hydroxyl groups is 1. The van der Waals surface area contributed by atoms with Gasteiger partial charge in [0.05, 0.1) is 25.5 Å². The molecular weight excluding hydrogens is 418 g/mol. The van der Waals surface area contributed by atoms with Crippen molar-refractivity contribution in [2.75, 3.05) is 6.61 Å². The molecule has 0 heterocycles. The second-order valence-corrected chi connectivity index (χ2v) is 7.21. The van der Waals surface area contributed by atoms with Gasteiger partial charge in [0.2, 0.25) is 23.6 Å². The lowest BCUT2D eigenvalue weighted by Gasteiger charge is -2.23. The Kier molecular flexibility index (Phi) is 11.7. The van der Waals surface area contributed by atoms with Gasteiger partial charge in [-0.25, -0.2) is 4.79 Å². The van der Waals surface area contributed by atoms with Gasteiger partial charge in [-0.05, 0) is 12.3 Å². The molecule has 31 heavy (non-hydrogen) atoms. The molecule has 14 heteroatoms. The van der Waals surface area contributed by atoms with Gasteiger partial charge in [0.1, 0.15) is 18.1 Å². The normalized spacial score (nSPS) is 14.6. The van der Waals surface area contributed by atoms with Crippen molar-refractivity contribution < 1.29 is 44.1 Å². The van der Waals surface area contributed by atoms with Crippen molar-refractivity contribution in [3.8, 4) is 0 Å². The number of primary amides is 1. The van der Waals surface area contributed by atoms with E-state index in [-0.39, 0.29) is 5.92 Å². The molecule has 0 bridgehead atoms. The fourth-order valence-electron chi connectivity index (χ4n) is 2.42. The van der Waals surface area contributed by atoms with Crippen molar-refractivity contribution in [3.63, 3.8) is 0 Å². The number of carboxylic acids is 2. The highest BCUT2D eigenvalue weighted by molar-refractivity contribution is 5.96. The van der Waals surface area contributed by atoms with E-state index in [0.29, 0.717) is 6.42 Å². The second kappa shape index (κ2) is 13.1. The van der Waals surface area contributed by atoms with Crippen LogP contribution in [0.2, 0.25) is 0 Å². The van der Waals surface area contributed by atoms with Gasteiger partial charge in [0.25, 0.3) is 0 Å². The largest absolute Gasteiger partial charge is 0.481 e. The van der Waals surface area contributed by atoms with Crippen LogP contribution in [0.25, 0.3) is 0 Å².